The lowest BCUT2D eigenvalue weighted by atomic mass is 9.86. The monoisotopic (exact) mass is 1440 g/mol. The van der Waals surface area contributed by atoms with E-state index < -0.39 is 29.7 Å². The van der Waals surface area contributed by atoms with Crippen molar-refractivity contribution >= 4 is 24.1 Å². The van der Waals surface area contributed by atoms with Gasteiger partial charge in [0, 0.05) is 112 Å². The van der Waals surface area contributed by atoms with Gasteiger partial charge in [0.1, 0.15) is 34.5 Å². The number of carbonyl (C=O) groups excluding carboxylic acids is 3. The van der Waals surface area contributed by atoms with E-state index in [1.807, 2.05) is 106 Å². The van der Waals surface area contributed by atoms with Crippen LogP contribution in [0, 0.1) is 24.2 Å². The van der Waals surface area contributed by atoms with Gasteiger partial charge in [0.2, 0.25) is 0 Å². The van der Waals surface area contributed by atoms with Crippen molar-refractivity contribution in [2.24, 2.45) is 23.0 Å². The molecule has 2 unspecified atom stereocenters. The van der Waals surface area contributed by atoms with E-state index in [-0.39, 0.29) is 24.5 Å². The topological polar surface area (TPSA) is 269 Å². The van der Waals surface area contributed by atoms with Crippen LogP contribution in [0.1, 0.15) is 140 Å². The van der Waals surface area contributed by atoms with E-state index in [2.05, 4.69) is 168 Å². The van der Waals surface area contributed by atoms with Gasteiger partial charge in [0.25, 0.3) is 5.91 Å². The third-order valence-electron chi connectivity index (χ3n) is 19.0. The number of nitrogens with one attached hydrogen (secondary N) is 3. The zero-order chi connectivity index (χ0) is 74.8. The summed E-state index contributed by atoms with van der Waals surface area (Å²) < 4.78 is 19.2. The molecule has 3 saturated heterocycles. The van der Waals surface area contributed by atoms with Crippen LogP contribution >= 0.6 is 0 Å². The largest absolute Gasteiger partial charge is 0.481 e. The third kappa shape index (κ3) is 24.5. The van der Waals surface area contributed by atoms with E-state index in [0.29, 0.717) is 49.4 Å². The number of aryl methyl sites for hydroxylation is 3. The first-order chi connectivity index (χ1) is 51.1. The summed E-state index contributed by atoms with van der Waals surface area (Å²) in [6.07, 6.45) is 25.3. The summed E-state index contributed by atoms with van der Waals surface area (Å²) >= 11 is 0. The molecule has 3 aliphatic heterocycles. The molecule has 8 heterocycles. The predicted octanol–water partition coefficient (Wildman–Crippen LogP) is 14.4. The minimum atomic E-state index is -0.757. The second kappa shape index (κ2) is 38.4. The van der Waals surface area contributed by atoms with Gasteiger partial charge in [-0.2, -0.15) is 0 Å². The van der Waals surface area contributed by atoms with Crippen LogP contribution in [0.2, 0.25) is 0 Å². The number of imidazole rings is 4. The number of hydrogen-bond acceptors (Lipinski definition) is 14. The highest BCUT2D eigenvalue weighted by Crippen LogP contribution is 2.35. The summed E-state index contributed by atoms with van der Waals surface area (Å²) in [6, 6.07) is 49.6. The van der Waals surface area contributed by atoms with E-state index >= 15 is 0 Å². The number of piperidine rings is 3. The van der Waals surface area contributed by atoms with Gasteiger partial charge in [-0.05, 0) is 133 Å². The van der Waals surface area contributed by atoms with Crippen molar-refractivity contribution in [3.63, 3.8) is 0 Å². The summed E-state index contributed by atoms with van der Waals surface area (Å²) in [5.74, 6) is 2.85. The lowest BCUT2D eigenvalue weighted by Crippen LogP contribution is -2.41. The SMILES string of the molecule is CC(C)(C)OC(=O)NC(c1nc(-c2cnccn2)cn1Cc1ccccc1)C(C)(C)C.Cc1nc(-c2ccc(CCC(=O)O)cc2)cn1CCC1CCNCC1.NC(=O)COC(=O)N1CCC(Cn2cnc(-c3ccccc3)c2)CC1.c1ccc(Cc2nc(-c3ccccc3)cn2CC2CCCCN2)cc1. The van der Waals surface area contributed by atoms with Crippen LogP contribution in [-0.2, 0) is 58.1 Å². The fraction of sp³-hybridized carbons (Fsp3) is 0.405. The molecule has 5 aromatic heterocycles. The van der Waals surface area contributed by atoms with Crippen molar-refractivity contribution in [1.29, 1.82) is 0 Å². The molecule has 3 aliphatic rings. The van der Waals surface area contributed by atoms with Gasteiger partial charge in [0.05, 0.1) is 35.6 Å². The Morgan fingerprint density at radius 2 is 1.25 bits per heavy atom. The predicted molar refractivity (Wildman–Crippen MR) is 414 cm³/mol. The van der Waals surface area contributed by atoms with Gasteiger partial charge in [-0.25, -0.2) is 29.5 Å². The summed E-state index contributed by atoms with van der Waals surface area (Å²) in [7, 11) is 0. The van der Waals surface area contributed by atoms with Crippen molar-refractivity contribution in [2.45, 2.75) is 163 Å². The molecule has 0 spiro atoms. The number of hydrogen-bond donors (Lipinski definition) is 5. The average Bonchev–Trinajstić information content (AvgIpc) is 1.67. The molecule has 6 N–H and O–H groups in total. The number of carbonyl (C=O) groups is 4. The number of aromatic nitrogens is 10. The molecule has 0 radical (unpaired) electrons. The van der Waals surface area contributed by atoms with Crippen LogP contribution < -0.4 is 21.7 Å². The zero-order valence-corrected chi connectivity index (χ0v) is 62.5. The first-order valence-electron chi connectivity index (χ1n) is 37.2. The third-order valence-corrected chi connectivity index (χ3v) is 19.0. The Balaban J connectivity index is 0.000000152. The van der Waals surface area contributed by atoms with Gasteiger partial charge >= 0.3 is 18.2 Å². The number of primary amides is 1. The average molecular weight is 1440 g/mol. The quantitative estimate of drug-likeness (QED) is 0.0422. The van der Waals surface area contributed by atoms with E-state index in [4.69, 9.17) is 35.3 Å². The molecule has 3 fully saturated rings. The van der Waals surface area contributed by atoms with Crippen LogP contribution in [0.25, 0.3) is 45.2 Å². The highest BCUT2D eigenvalue weighted by molar-refractivity contribution is 5.78. The Bertz CT molecular complexity index is 4320. The Morgan fingerprint density at radius 1 is 0.623 bits per heavy atom. The molecule has 3 amide bonds. The van der Waals surface area contributed by atoms with Gasteiger partial charge < -0.3 is 59.4 Å². The fourth-order valence-electron chi connectivity index (χ4n) is 13.3. The summed E-state index contributed by atoms with van der Waals surface area (Å²) in [5.41, 5.74) is 15.4. The smallest absolute Gasteiger partial charge is 0.410 e. The lowest BCUT2D eigenvalue weighted by Gasteiger charge is -2.32. The van der Waals surface area contributed by atoms with Crippen LogP contribution in [0.4, 0.5) is 9.59 Å². The Kier molecular flexibility index (Phi) is 28.3. The fourth-order valence-corrected chi connectivity index (χ4v) is 13.3. The molecular formula is C84H105N15O7. The van der Waals surface area contributed by atoms with Gasteiger partial charge in [-0.1, -0.05) is 173 Å². The molecule has 0 bridgehead atoms. The van der Waals surface area contributed by atoms with Crippen LogP contribution in [-0.4, -0.2) is 133 Å². The number of carboxylic acids is 1. The maximum Gasteiger partial charge on any atom is 0.410 e. The number of alkyl carbamates (subject to hydrolysis) is 1. The second-order valence-corrected chi connectivity index (χ2v) is 29.7. The number of nitrogens with zero attached hydrogens (tertiary/aromatic N) is 11. The molecule has 106 heavy (non-hydrogen) atoms. The first kappa shape index (κ1) is 78.0. The van der Waals surface area contributed by atoms with E-state index in [1.54, 1.807) is 23.5 Å². The Labute approximate surface area is 623 Å². The number of amides is 3. The number of ether oxygens (including phenoxy) is 2. The Hall–Kier alpha value is -10.6. The normalized spacial score (nSPS) is 15.1. The number of likely N-dealkylation sites (tertiary alicyclic amines) is 1. The number of carboxylic acid groups (broad SMARTS) is 1. The molecule has 558 valence electrons. The van der Waals surface area contributed by atoms with E-state index in [0.717, 1.165) is 121 Å². The van der Waals surface area contributed by atoms with Crippen LogP contribution in [0.15, 0.2) is 195 Å². The minimum absolute atomic E-state index is 0.170. The minimum Gasteiger partial charge on any atom is -0.481 e. The maximum absolute atomic E-state index is 12.6. The summed E-state index contributed by atoms with van der Waals surface area (Å²) in [4.78, 5) is 75.0. The van der Waals surface area contributed by atoms with Crippen molar-refractivity contribution in [2.75, 3.05) is 39.3 Å². The molecule has 2 atom stereocenters. The molecule has 13 rings (SSSR count). The summed E-state index contributed by atoms with van der Waals surface area (Å²) in [5, 5.41) is 18.9. The van der Waals surface area contributed by atoms with Crippen LogP contribution in [0.3, 0.4) is 0 Å². The molecule has 10 aromatic rings. The first-order valence-corrected chi connectivity index (χ1v) is 37.2. The van der Waals surface area contributed by atoms with Gasteiger partial charge in [-0.15, -0.1) is 0 Å². The molecule has 0 aliphatic carbocycles. The number of rotatable bonds is 22. The molecule has 22 nitrogen and oxygen atoms in total. The number of nitrogens with two attached hydrogens (primary N) is 1. The molecule has 0 saturated carbocycles. The summed E-state index contributed by atoms with van der Waals surface area (Å²) in [6.45, 7) is 21.7. The van der Waals surface area contributed by atoms with E-state index in [1.165, 1.54) is 49.7 Å². The highest BCUT2D eigenvalue weighted by atomic mass is 16.6. The van der Waals surface area contributed by atoms with Crippen LogP contribution in [0.5, 0.6) is 0 Å². The highest BCUT2D eigenvalue weighted by Gasteiger charge is 2.34. The van der Waals surface area contributed by atoms with Gasteiger partial charge in [-0.3, -0.25) is 19.6 Å². The number of aliphatic carboxylic acids is 1. The number of benzene rings is 5. The maximum atomic E-state index is 12.6. The van der Waals surface area contributed by atoms with Gasteiger partial charge in [0.15, 0.2) is 6.61 Å². The van der Waals surface area contributed by atoms with Crippen molar-refractivity contribution < 1.29 is 33.8 Å². The van der Waals surface area contributed by atoms with Crippen molar-refractivity contribution in [3.8, 4) is 45.2 Å². The second-order valence-electron chi connectivity index (χ2n) is 29.7. The molecule has 22 heteroatoms. The Morgan fingerprint density at radius 3 is 1.86 bits per heavy atom. The van der Waals surface area contributed by atoms with Crippen molar-refractivity contribution in [3.05, 3.63) is 229 Å². The molecule has 5 aromatic carbocycles. The zero-order valence-electron chi connectivity index (χ0n) is 62.5. The standard InChI is InChI=1S/C24H31N5O2.C22H25N3.C20H27N3O2.C18H22N4O3/c1-23(2,3)20(28-22(30)31-24(4,5)6)21-27-19(18-14-25-12-13-26-18)16-29(21)15-17-10-8-7-9-11-17;1-3-9-18(10-4-1)15-22-24-21(19-11-5-2-6-12-19)17-25(22)16-20-13-7-8-14-23-20;1-15-22-19(14-23(15)13-10-17-8-11-21-12-9-17)18-5-2-16(3-6-18)4-7-20(24)25;19-17(23)12-25-18(24)22-8-6-14(7-9-22)10-21-11-16(20-13-21)15-4-2-1-3-5-15/h7-14,16,20H,15H2,1-6H3,(H,28,30);1-6,9-12,17,20,23H,7-8,13-16H2;2-3,5-6,14,17,21H,4,7-13H2,1H3,(H,24,25);1-5,11,13-14H,6-10,12H2,(H2,19,23). The van der Waals surface area contributed by atoms with Crippen molar-refractivity contribution in [1.82, 2.24) is 69.0 Å². The molecular weight excluding hydrogens is 1330 g/mol. The lowest BCUT2D eigenvalue weighted by molar-refractivity contribution is -0.137. The van der Waals surface area contributed by atoms with E-state index in [9.17, 15) is 19.2 Å².